The summed E-state index contributed by atoms with van der Waals surface area (Å²) < 4.78 is 5.32. The Hall–Kier alpha value is -2.74. The molecule has 0 saturated heterocycles. The lowest BCUT2D eigenvalue weighted by Crippen LogP contribution is -2.39. The van der Waals surface area contributed by atoms with E-state index in [-0.39, 0.29) is 10.6 Å². The van der Waals surface area contributed by atoms with Crippen LogP contribution in [0, 0.1) is 10.1 Å². The Balaban J connectivity index is 1.60. The van der Waals surface area contributed by atoms with Gasteiger partial charge in [-0.25, -0.2) is 4.79 Å². The standard InChI is InChI=1S/C18H19N3O4S/c1-19(18(22)25-15-5-3-2-4-6-15)9-10-20-11-12-26-17-13-14(21(23)24)7-8-16(17)20/h2-8,13H,9-12H2,1H3. The monoisotopic (exact) mass is 373 g/mol. The summed E-state index contributed by atoms with van der Waals surface area (Å²) in [5.41, 5.74) is 1.07. The zero-order chi connectivity index (χ0) is 18.5. The highest BCUT2D eigenvalue weighted by atomic mass is 32.2. The third-order valence-electron chi connectivity index (χ3n) is 4.08. The first-order chi connectivity index (χ1) is 12.5. The van der Waals surface area contributed by atoms with Crippen LogP contribution >= 0.6 is 11.8 Å². The zero-order valence-corrected chi connectivity index (χ0v) is 15.1. The maximum Gasteiger partial charge on any atom is 0.415 e. The van der Waals surface area contributed by atoms with Crippen LogP contribution in [0.3, 0.4) is 0 Å². The number of carbonyl (C=O) groups is 1. The smallest absolute Gasteiger partial charge is 0.410 e. The van der Waals surface area contributed by atoms with Gasteiger partial charge in [-0.05, 0) is 18.2 Å². The molecule has 0 unspecified atom stereocenters. The summed E-state index contributed by atoms with van der Waals surface area (Å²) in [7, 11) is 1.70. The number of fused-ring (bicyclic) bond motifs is 1. The Morgan fingerprint density at radius 3 is 2.81 bits per heavy atom. The summed E-state index contributed by atoms with van der Waals surface area (Å²) in [5.74, 6) is 1.36. The van der Waals surface area contributed by atoms with Crippen molar-refractivity contribution in [3.8, 4) is 5.75 Å². The predicted octanol–water partition coefficient (Wildman–Crippen LogP) is 3.64. The van der Waals surface area contributed by atoms with Gasteiger partial charge in [0.2, 0.25) is 0 Å². The highest BCUT2D eigenvalue weighted by Crippen LogP contribution is 2.36. The number of nitro benzene ring substituents is 1. The molecular formula is C18H19N3O4S. The van der Waals surface area contributed by atoms with Gasteiger partial charge in [-0.15, -0.1) is 11.8 Å². The molecule has 136 valence electrons. The molecule has 0 saturated carbocycles. The number of carbonyl (C=O) groups excluding carboxylic acids is 1. The minimum Gasteiger partial charge on any atom is -0.410 e. The Kier molecular flexibility index (Phi) is 5.62. The first-order valence-corrected chi connectivity index (χ1v) is 9.17. The van der Waals surface area contributed by atoms with E-state index in [0.717, 1.165) is 22.9 Å². The van der Waals surface area contributed by atoms with Crippen LogP contribution in [0.15, 0.2) is 53.4 Å². The van der Waals surface area contributed by atoms with Crippen LogP contribution in [-0.2, 0) is 0 Å². The molecule has 8 heteroatoms. The van der Waals surface area contributed by atoms with Crippen LogP contribution in [0.5, 0.6) is 5.75 Å². The van der Waals surface area contributed by atoms with E-state index in [2.05, 4.69) is 4.90 Å². The number of para-hydroxylation sites is 1. The van der Waals surface area contributed by atoms with Crippen molar-refractivity contribution in [1.82, 2.24) is 4.90 Å². The molecule has 1 aliphatic heterocycles. The van der Waals surface area contributed by atoms with Crippen molar-refractivity contribution >= 4 is 29.2 Å². The van der Waals surface area contributed by atoms with Gasteiger partial charge in [-0.2, -0.15) is 0 Å². The molecule has 1 aliphatic rings. The van der Waals surface area contributed by atoms with E-state index in [0.29, 0.717) is 18.8 Å². The van der Waals surface area contributed by atoms with Crippen LogP contribution in [-0.4, -0.2) is 48.4 Å². The van der Waals surface area contributed by atoms with E-state index in [1.165, 1.54) is 11.0 Å². The quantitative estimate of drug-likeness (QED) is 0.588. The Labute approximate surface area is 155 Å². The summed E-state index contributed by atoms with van der Waals surface area (Å²) in [6.45, 7) is 1.95. The summed E-state index contributed by atoms with van der Waals surface area (Å²) in [4.78, 5) is 27.3. The Bertz CT molecular complexity index is 800. The SMILES string of the molecule is CN(CCN1CCSc2cc([N+](=O)[O-])ccc21)C(=O)Oc1ccccc1. The van der Waals surface area contributed by atoms with Crippen molar-refractivity contribution in [2.75, 3.05) is 37.3 Å². The predicted molar refractivity (Wildman–Crippen MR) is 101 cm³/mol. The van der Waals surface area contributed by atoms with Crippen molar-refractivity contribution in [3.05, 3.63) is 58.6 Å². The fourth-order valence-corrected chi connectivity index (χ4v) is 3.72. The number of benzene rings is 2. The minimum absolute atomic E-state index is 0.0988. The van der Waals surface area contributed by atoms with Gasteiger partial charge in [0, 0.05) is 49.5 Å². The van der Waals surface area contributed by atoms with E-state index >= 15 is 0 Å². The average molecular weight is 373 g/mol. The zero-order valence-electron chi connectivity index (χ0n) is 14.3. The molecule has 1 amide bonds. The highest BCUT2D eigenvalue weighted by Gasteiger charge is 2.21. The lowest BCUT2D eigenvalue weighted by atomic mass is 10.2. The molecule has 3 rings (SSSR count). The summed E-state index contributed by atoms with van der Waals surface area (Å²) >= 11 is 1.62. The molecule has 26 heavy (non-hydrogen) atoms. The summed E-state index contributed by atoms with van der Waals surface area (Å²) in [5, 5.41) is 10.9. The number of rotatable bonds is 5. The number of non-ortho nitro benzene ring substituents is 1. The third-order valence-corrected chi connectivity index (χ3v) is 5.10. The van der Waals surface area contributed by atoms with Crippen LogP contribution < -0.4 is 9.64 Å². The van der Waals surface area contributed by atoms with Gasteiger partial charge in [0.05, 0.1) is 10.6 Å². The van der Waals surface area contributed by atoms with Crippen molar-refractivity contribution in [2.24, 2.45) is 0 Å². The van der Waals surface area contributed by atoms with E-state index in [1.807, 2.05) is 18.2 Å². The summed E-state index contributed by atoms with van der Waals surface area (Å²) in [6.07, 6.45) is -0.411. The van der Waals surface area contributed by atoms with Gasteiger partial charge < -0.3 is 14.5 Å². The molecular weight excluding hydrogens is 354 g/mol. The van der Waals surface area contributed by atoms with E-state index in [4.69, 9.17) is 4.74 Å². The first kappa shape index (κ1) is 18.1. The molecule has 0 radical (unpaired) electrons. The molecule has 0 aromatic heterocycles. The molecule has 0 atom stereocenters. The molecule has 2 aromatic rings. The number of thioether (sulfide) groups is 1. The normalized spacial score (nSPS) is 13.0. The van der Waals surface area contributed by atoms with Gasteiger partial charge in [-0.3, -0.25) is 10.1 Å². The number of amides is 1. The first-order valence-electron chi connectivity index (χ1n) is 8.19. The van der Waals surface area contributed by atoms with Crippen LogP contribution in [0.1, 0.15) is 0 Å². The fourth-order valence-electron chi connectivity index (χ4n) is 2.64. The number of anilines is 1. The molecule has 0 fully saturated rings. The van der Waals surface area contributed by atoms with Crippen LogP contribution in [0.4, 0.5) is 16.2 Å². The lowest BCUT2D eigenvalue weighted by Gasteiger charge is -2.32. The lowest BCUT2D eigenvalue weighted by molar-refractivity contribution is -0.385. The summed E-state index contributed by atoms with van der Waals surface area (Å²) in [6, 6.07) is 13.9. The molecule has 7 nitrogen and oxygen atoms in total. The van der Waals surface area contributed by atoms with Gasteiger partial charge in [0.25, 0.3) is 5.69 Å². The van der Waals surface area contributed by atoms with Crippen molar-refractivity contribution in [1.29, 1.82) is 0 Å². The van der Waals surface area contributed by atoms with Crippen LogP contribution in [0.25, 0.3) is 0 Å². The largest absolute Gasteiger partial charge is 0.415 e. The number of nitro groups is 1. The van der Waals surface area contributed by atoms with Gasteiger partial charge >= 0.3 is 6.09 Å². The molecule has 2 aromatic carbocycles. The van der Waals surface area contributed by atoms with Gasteiger partial charge in [0.15, 0.2) is 0 Å². The van der Waals surface area contributed by atoms with Crippen molar-refractivity contribution in [2.45, 2.75) is 4.90 Å². The third kappa shape index (κ3) is 4.26. The minimum atomic E-state index is -0.411. The molecule has 0 N–H and O–H groups in total. The maximum absolute atomic E-state index is 12.2. The number of hydrogen-bond acceptors (Lipinski definition) is 6. The van der Waals surface area contributed by atoms with E-state index in [1.54, 1.807) is 43.1 Å². The number of hydrogen-bond donors (Lipinski definition) is 0. The second-order valence-electron chi connectivity index (χ2n) is 5.85. The van der Waals surface area contributed by atoms with Crippen molar-refractivity contribution < 1.29 is 14.5 Å². The molecule has 0 spiro atoms. The maximum atomic E-state index is 12.2. The Morgan fingerprint density at radius 2 is 2.08 bits per heavy atom. The van der Waals surface area contributed by atoms with Gasteiger partial charge in [0.1, 0.15) is 5.75 Å². The van der Waals surface area contributed by atoms with E-state index in [9.17, 15) is 14.9 Å². The fraction of sp³-hybridized carbons (Fsp3) is 0.278. The number of likely N-dealkylation sites (N-methyl/N-ethyl adjacent to an activating group) is 1. The topological polar surface area (TPSA) is 75.9 Å². The van der Waals surface area contributed by atoms with E-state index < -0.39 is 6.09 Å². The Morgan fingerprint density at radius 1 is 1.31 bits per heavy atom. The number of nitrogens with zero attached hydrogens (tertiary/aromatic N) is 3. The average Bonchev–Trinajstić information content (AvgIpc) is 2.66. The molecule has 0 aliphatic carbocycles. The van der Waals surface area contributed by atoms with Crippen molar-refractivity contribution in [3.63, 3.8) is 0 Å². The second kappa shape index (κ2) is 8.09. The molecule has 0 bridgehead atoms. The highest BCUT2D eigenvalue weighted by molar-refractivity contribution is 7.99. The second-order valence-corrected chi connectivity index (χ2v) is 6.98. The molecule has 1 heterocycles. The van der Waals surface area contributed by atoms with Crippen LogP contribution in [0.2, 0.25) is 0 Å². The number of ether oxygens (including phenoxy) is 1. The van der Waals surface area contributed by atoms with Gasteiger partial charge in [-0.1, -0.05) is 18.2 Å².